The molecule has 0 aliphatic carbocycles. The molecule has 1 saturated heterocycles. The zero-order valence-corrected chi connectivity index (χ0v) is 17.7. The van der Waals surface area contributed by atoms with E-state index in [-0.39, 0.29) is 30.6 Å². The zero-order valence-electron chi connectivity index (χ0n) is 17.0. The fraction of sp³-hybridized carbons (Fsp3) is 0.333. The van der Waals surface area contributed by atoms with Crippen molar-refractivity contribution in [2.24, 2.45) is 7.05 Å². The van der Waals surface area contributed by atoms with Crippen molar-refractivity contribution in [3.63, 3.8) is 0 Å². The number of rotatable bonds is 6. The van der Waals surface area contributed by atoms with Crippen molar-refractivity contribution in [2.45, 2.75) is 26.2 Å². The molecule has 1 aliphatic heterocycles. The number of hydrogen-bond acceptors (Lipinski definition) is 4. The molecule has 0 unspecified atom stereocenters. The van der Waals surface area contributed by atoms with Crippen LogP contribution in [0.4, 0.5) is 5.69 Å². The van der Waals surface area contributed by atoms with Gasteiger partial charge in [0.05, 0.1) is 5.69 Å². The number of aromatic nitrogens is 2. The SMILES string of the molecule is Cc1nn(C)c(Cl)c1/C=C/C(=O)N1CCCN1C(=O)CCC(=O)Nc1ccccc1. The van der Waals surface area contributed by atoms with E-state index in [0.29, 0.717) is 41.6 Å². The second-order valence-corrected chi connectivity index (χ2v) is 7.35. The number of benzene rings is 1. The molecule has 1 N–H and O–H groups in total. The second kappa shape index (κ2) is 9.58. The lowest BCUT2D eigenvalue weighted by Crippen LogP contribution is -2.44. The van der Waals surface area contributed by atoms with Crippen LogP contribution in [0.5, 0.6) is 0 Å². The first kappa shape index (κ1) is 21.6. The monoisotopic (exact) mass is 429 g/mol. The first-order chi connectivity index (χ1) is 14.4. The van der Waals surface area contributed by atoms with E-state index < -0.39 is 0 Å². The number of carbonyl (C=O) groups excluding carboxylic acids is 3. The quantitative estimate of drug-likeness (QED) is 0.715. The van der Waals surface area contributed by atoms with Crippen molar-refractivity contribution in [1.82, 2.24) is 19.8 Å². The first-order valence-corrected chi connectivity index (χ1v) is 10.1. The van der Waals surface area contributed by atoms with Gasteiger partial charge in [-0.2, -0.15) is 5.10 Å². The van der Waals surface area contributed by atoms with E-state index in [9.17, 15) is 14.4 Å². The van der Waals surface area contributed by atoms with E-state index in [1.54, 1.807) is 25.3 Å². The Morgan fingerprint density at radius 1 is 1.13 bits per heavy atom. The molecule has 30 heavy (non-hydrogen) atoms. The van der Waals surface area contributed by atoms with Crippen LogP contribution in [0.2, 0.25) is 5.15 Å². The molecule has 0 atom stereocenters. The third-order valence-corrected chi connectivity index (χ3v) is 5.23. The van der Waals surface area contributed by atoms with Crippen LogP contribution in [-0.4, -0.2) is 50.6 Å². The highest BCUT2D eigenvalue weighted by Crippen LogP contribution is 2.21. The van der Waals surface area contributed by atoms with Gasteiger partial charge in [-0.25, -0.2) is 5.01 Å². The van der Waals surface area contributed by atoms with E-state index in [0.717, 1.165) is 0 Å². The number of nitrogens with zero attached hydrogens (tertiary/aromatic N) is 4. The van der Waals surface area contributed by atoms with Crippen LogP contribution >= 0.6 is 11.6 Å². The Labute approximate surface area is 180 Å². The molecular weight excluding hydrogens is 406 g/mol. The Kier molecular flexibility index (Phi) is 6.89. The summed E-state index contributed by atoms with van der Waals surface area (Å²) in [5.41, 5.74) is 2.06. The van der Waals surface area contributed by atoms with E-state index in [4.69, 9.17) is 11.6 Å². The molecular formula is C21H24ClN5O3. The molecule has 8 nitrogen and oxygen atoms in total. The summed E-state index contributed by atoms with van der Waals surface area (Å²) in [6.45, 7) is 2.71. The second-order valence-electron chi connectivity index (χ2n) is 6.99. The summed E-state index contributed by atoms with van der Waals surface area (Å²) in [6.07, 6.45) is 3.77. The molecule has 1 fully saturated rings. The molecule has 0 radical (unpaired) electrons. The smallest absolute Gasteiger partial charge is 0.265 e. The van der Waals surface area contributed by atoms with Crippen molar-refractivity contribution in [3.05, 3.63) is 52.8 Å². The van der Waals surface area contributed by atoms with Crippen LogP contribution < -0.4 is 5.32 Å². The van der Waals surface area contributed by atoms with E-state index in [1.807, 2.05) is 25.1 Å². The third-order valence-electron chi connectivity index (χ3n) is 4.79. The number of hydrogen-bond donors (Lipinski definition) is 1. The predicted molar refractivity (Wildman–Crippen MR) is 114 cm³/mol. The molecule has 9 heteroatoms. The standard InChI is InChI=1S/C21H24ClN5O3/c1-15-17(21(22)25(2)24-15)9-11-19(29)26-13-6-14-27(26)20(30)12-10-18(28)23-16-7-4-3-5-8-16/h3-5,7-9,11H,6,10,12-14H2,1-2H3,(H,23,28)/b11-9+. The van der Waals surface area contributed by atoms with Gasteiger partial charge in [0.2, 0.25) is 11.8 Å². The predicted octanol–water partition coefficient (Wildman–Crippen LogP) is 2.79. The van der Waals surface area contributed by atoms with Gasteiger partial charge in [0.15, 0.2) is 0 Å². The molecule has 0 saturated carbocycles. The summed E-state index contributed by atoms with van der Waals surface area (Å²) in [4.78, 5) is 37.3. The Hall–Kier alpha value is -3.13. The lowest BCUT2D eigenvalue weighted by atomic mass is 10.2. The fourth-order valence-electron chi connectivity index (χ4n) is 3.27. The summed E-state index contributed by atoms with van der Waals surface area (Å²) < 4.78 is 1.53. The number of amides is 3. The molecule has 1 aliphatic rings. The maximum absolute atomic E-state index is 12.6. The Bertz CT molecular complexity index is 971. The van der Waals surface area contributed by atoms with Crippen LogP contribution in [-0.2, 0) is 21.4 Å². The van der Waals surface area contributed by atoms with Gasteiger partial charge < -0.3 is 5.32 Å². The third kappa shape index (κ3) is 5.07. The number of hydrazine groups is 1. The van der Waals surface area contributed by atoms with Gasteiger partial charge in [0.1, 0.15) is 5.15 Å². The number of carbonyl (C=O) groups is 3. The summed E-state index contributed by atoms with van der Waals surface area (Å²) >= 11 is 6.19. The van der Waals surface area contributed by atoms with Crippen molar-refractivity contribution in [2.75, 3.05) is 18.4 Å². The molecule has 0 bridgehead atoms. The average molecular weight is 430 g/mol. The van der Waals surface area contributed by atoms with Gasteiger partial charge in [-0.1, -0.05) is 29.8 Å². The van der Waals surface area contributed by atoms with Gasteiger partial charge in [-0.3, -0.25) is 24.1 Å². The highest BCUT2D eigenvalue weighted by atomic mass is 35.5. The molecule has 3 amide bonds. The largest absolute Gasteiger partial charge is 0.326 e. The molecule has 3 rings (SSSR count). The molecule has 1 aromatic carbocycles. The van der Waals surface area contributed by atoms with Gasteiger partial charge in [-0.15, -0.1) is 0 Å². The molecule has 0 spiro atoms. The Balaban J connectivity index is 1.56. The Morgan fingerprint density at radius 2 is 1.83 bits per heavy atom. The number of nitrogens with one attached hydrogen (secondary N) is 1. The Morgan fingerprint density at radius 3 is 2.50 bits per heavy atom. The average Bonchev–Trinajstić information content (AvgIpc) is 3.31. The van der Waals surface area contributed by atoms with Crippen LogP contribution in [0.1, 0.15) is 30.5 Å². The minimum atomic E-state index is -0.311. The van der Waals surface area contributed by atoms with Crippen molar-refractivity contribution in [3.8, 4) is 0 Å². The van der Waals surface area contributed by atoms with Crippen LogP contribution in [0.15, 0.2) is 36.4 Å². The normalized spacial score (nSPS) is 13.8. The van der Waals surface area contributed by atoms with Gasteiger partial charge >= 0.3 is 0 Å². The first-order valence-electron chi connectivity index (χ1n) is 9.70. The van der Waals surface area contributed by atoms with Gasteiger partial charge in [-0.05, 0) is 31.6 Å². The maximum Gasteiger partial charge on any atom is 0.265 e. The lowest BCUT2D eigenvalue weighted by Gasteiger charge is -2.26. The molecule has 158 valence electrons. The maximum atomic E-state index is 12.6. The van der Waals surface area contributed by atoms with Crippen molar-refractivity contribution < 1.29 is 14.4 Å². The number of aryl methyl sites for hydroxylation is 2. The van der Waals surface area contributed by atoms with Crippen LogP contribution in [0.25, 0.3) is 6.08 Å². The van der Waals surface area contributed by atoms with Gasteiger partial charge in [0.25, 0.3) is 5.91 Å². The van der Waals surface area contributed by atoms with Crippen LogP contribution in [0, 0.1) is 6.92 Å². The molecule has 2 aromatic rings. The van der Waals surface area contributed by atoms with E-state index >= 15 is 0 Å². The number of halogens is 1. The fourth-order valence-corrected chi connectivity index (χ4v) is 3.51. The van der Waals surface area contributed by atoms with Crippen molar-refractivity contribution in [1.29, 1.82) is 0 Å². The van der Waals surface area contributed by atoms with Crippen molar-refractivity contribution >= 4 is 41.1 Å². The van der Waals surface area contributed by atoms with E-state index in [2.05, 4.69) is 10.4 Å². The minimum Gasteiger partial charge on any atom is -0.326 e. The highest BCUT2D eigenvalue weighted by molar-refractivity contribution is 6.31. The number of anilines is 1. The zero-order chi connectivity index (χ0) is 21.7. The minimum absolute atomic E-state index is 0.0275. The summed E-state index contributed by atoms with van der Waals surface area (Å²) in [6, 6.07) is 9.06. The van der Waals surface area contributed by atoms with Gasteiger partial charge in [0, 0.05) is 50.3 Å². The van der Waals surface area contributed by atoms with Crippen LogP contribution in [0.3, 0.4) is 0 Å². The summed E-state index contributed by atoms with van der Waals surface area (Å²) in [5, 5.41) is 10.2. The summed E-state index contributed by atoms with van der Waals surface area (Å²) in [7, 11) is 1.73. The topological polar surface area (TPSA) is 87.5 Å². The number of para-hydroxylation sites is 1. The summed E-state index contributed by atoms with van der Waals surface area (Å²) in [5.74, 6) is -0.810. The molecule has 1 aromatic heterocycles. The highest BCUT2D eigenvalue weighted by Gasteiger charge is 2.29. The van der Waals surface area contributed by atoms with E-state index in [1.165, 1.54) is 20.8 Å². The molecule has 2 heterocycles. The lowest BCUT2D eigenvalue weighted by molar-refractivity contribution is -0.155.